The molecule has 2 aliphatic heterocycles. The summed E-state index contributed by atoms with van der Waals surface area (Å²) in [6.45, 7) is 9.22. The molecule has 1 aromatic carbocycles. The molecule has 0 aliphatic carbocycles. The maximum Gasteiger partial charge on any atom is 0.193 e. The minimum absolute atomic E-state index is 0.740. The van der Waals surface area contributed by atoms with Crippen LogP contribution in [0.4, 0.5) is 0 Å². The molecule has 0 amide bonds. The van der Waals surface area contributed by atoms with Crippen molar-refractivity contribution in [2.75, 3.05) is 52.1 Å². The van der Waals surface area contributed by atoms with Crippen molar-refractivity contribution in [2.24, 2.45) is 10.9 Å². The summed E-state index contributed by atoms with van der Waals surface area (Å²) < 4.78 is 0. The SMILES string of the molecule is CCC1CN(C(=NC)NCC2CCN(CCc3ccccc3)C2)CCS1. The molecule has 2 fully saturated rings. The van der Waals surface area contributed by atoms with Gasteiger partial charge in [0, 0.05) is 50.8 Å². The molecule has 0 saturated carbocycles. The van der Waals surface area contributed by atoms with E-state index in [0.29, 0.717) is 0 Å². The number of benzene rings is 1. The summed E-state index contributed by atoms with van der Waals surface area (Å²) >= 11 is 2.11. The number of thioether (sulfide) groups is 1. The van der Waals surface area contributed by atoms with E-state index < -0.39 is 0 Å². The molecule has 2 aliphatic rings. The summed E-state index contributed by atoms with van der Waals surface area (Å²) in [4.78, 5) is 9.61. The van der Waals surface area contributed by atoms with Gasteiger partial charge in [-0.1, -0.05) is 37.3 Å². The summed E-state index contributed by atoms with van der Waals surface area (Å²) in [6, 6.07) is 10.8. The van der Waals surface area contributed by atoms with E-state index in [9.17, 15) is 0 Å². The molecule has 1 aromatic rings. The van der Waals surface area contributed by atoms with Gasteiger partial charge in [0.25, 0.3) is 0 Å². The molecule has 2 heterocycles. The Morgan fingerprint density at radius 3 is 2.85 bits per heavy atom. The third-order valence-corrected chi connectivity index (χ3v) is 6.96. The quantitative estimate of drug-likeness (QED) is 0.613. The Kier molecular flexibility index (Phi) is 7.69. The highest BCUT2D eigenvalue weighted by molar-refractivity contribution is 8.00. The van der Waals surface area contributed by atoms with Gasteiger partial charge in [-0.15, -0.1) is 0 Å². The van der Waals surface area contributed by atoms with Crippen LogP contribution in [-0.4, -0.2) is 73.1 Å². The van der Waals surface area contributed by atoms with Crippen LogP contribution in [0.25, 0.3) is 0 Å². The zero-order chi connectivity index (χ0) is 18.2. The predicted octanol–water partition coefficient (Wildman–Crippen LogP) is 2.95. The smallest absolute Gasteiger partial charge is 0.193 e. The van der Waals surface area contributed by atoms with Crippen LogP contribution in [0.5, 0.6) is 0 Å². The van der Waals surface area contributed by atoms with Gasteiger partial charge < -0.3 is 15.1 Å². The third-order valence-electron chi connectivity index (χ3n) is 5.58. The van der Waals surface area contributed by atoms with E-state index >= 15 is 0 Å². The molecule has 1 N–H and O–H groups in total. The molecule has 2 saturated heterocycles. The first-order chi connectivity index (χ1) is 12.8. The van der Waals surface area contributed by atoms with Gasteiger partial charge in [0.15, 0.2) is 5.96 Å². The van der Waals surface area contributed by atoms with Crippen molar-refractivity contribution in [3.8, 4) is 0 Å². The molecule has 26 heavy (non-hydrogen) atoms. The second-order valence-corrected chi connectivity index (χ2v) is 8.87. The number of likely N-dealkylation sites (tertiary alicyclic amines) is 1. The Morgan fingerprint density at radius 2 is 2.08 bits per heavy atom. The summed E-state index contributed by atoms with van der Waals surface area (Å²) in [5.74, 6) is 3.06. The van der Waals surface area contributed by atoms with E-state index in [4.69, 9.17) is 0 Å². The predicted molar refractivity (Wildman–Crippen MR) is 114 cm³/mol. The third kappa shape index (κ3) is 5.65. The van der Waals surface area contributed by atoms with Crippen molar-refractivity contribution >= 4 is 17.7 Å². The van der Waals surface area contributed by atoms with Crippen LogP contribution in [0.15, 0.2) is 35.3 Å². The first-order valence-electron chi connectivity index (χ1n) is 10.1. The van der Waals surface area contributed by atoms with E-state index in [1.807, 2.05) is 7.05 Å². The van der Waals surface area contributed by atoms with Gasteiger partial charge in [-0.25, -0.2) is 0 Å². The fourth-order valence-electron chi connectivity index (χ4n) is 3.94. The highest BCUT2D eigenvalue weighted by atomic mass is 32.2. The summed E-state index contributed by atoms with van der Waals surface area (Å²) in [5.41, 5.74) is 1.45. The molecule has 5 heteroatoms. The Bertz CT molecular complexity index is 562. The Hall–Kier alpha value is -1.20. The van der Waals surface area contributed by atoms with E-state index in [1.54, 1.807) is 0 Å². The second-order valence-electron chi connectivity index (χ2n) is 7.47. The van der Waals surface area contributed by atoms with Gasteiger partial charge >= 0.3 is 0 Å². The highest BCUT2D eigenvalue weighted by Gasteiger charge is 2.25. The number of nitrogens with one attached hydrogen (secondary N) is 1. The van der Waals surface area contributed by atoms with Crippen molar-refractivity contribution < 1.29 is 0 Å². The van der Waals surface area contributed by atoms with E-state index in [1.165, 1.54) is 43.8 Å². The van der Waals surface area contributed by atoms with E-state index in [-0.39, 0.29) is 0 Å². The molecular formula is C21H34N4S. The standard InChI is InChI=1S/C21H34N4S/c1-3-20-17-25(13-14-26-20)21(22-2)23-15-19-10-12-24(16-19)11-9-18-7-5-4-6-8-18/h4-8,19-20H,3,9-17H2,1-2H3,(H,22,23). The number of guanidine groups is 1. The maximum absolute atomic E-state index is 4.55. The summed E-state index contributed by atoms with van der Waals surface area (Å²) in [7, 11) is 1.92. The Balaban J connectivity index is 1.39. The Morgan fingerprint density at radius 1 is 1.23 bits per heavy atom. The molecular weight excluding hydrogens is 340 g/mol. The first-order valence-corrected chi connectivity index (χ1v) is 11.2. The fraction of sp³-hybridized carbons (Fsp3) is 0.667. The highest BCUT2D eigenvalue weighted by Crippen LogP contribution is 2.21. The van der Waals surface area contributed by atoms with Crippen molar-refractivity contribution in [3.05, 3.63) is 35.9 Å². The molecule has 3 rings (SSSR count). The van der Waals surface area contributed by atoms with Crippen molar-refractivity contribution in [1.82, 2.24) is 15.1 Å². The lowest BCUT2D eigenvalue weighted by Crippen LogP contribution is -2.49. The van der Waals surface area contributed by atoms with Crippen LogP contribution >= 0.6 is 11.8 Å². The van der Waals surface area contributed by atoms with E-state index in [0.717, 1.165) is 43.2 Å². The maximum atomic E-state index is 4.55. The minimum atomic E-state index is 0.740. The van der Waals surface area contributed by atoms with Gasteiger partial charge in [-0.05, 0) is 37.3 Å². The van der Waals surface area contributed by atoms with Crippen LogP contribution < -0.4 is 5.32 Å². The Labute approximate surface area is 163 Å². The molecule has 4 nitrogen and oxygen atoms in total. The van der Waals surface area contributed by atoms with Gasteiger partial charge in [0.2, 0.25) is 0 Å². The lowest BCUT2D eigenvalue weighted by Gasteiger charge is -2.34. The number of aliphatic imine (C=N–C) groups is 1. The molecule has 0 spiro atoms. The molecule has 144 valence electrons. The van der Waals surface area contributed by atoms with Crippen LogP contribution in [-0.2, 0) is 6.42 Å². The summed E-state index contributed by atoms with van der Waals surface area (Å²) in [6.07, 6.45) is 3.70. The lowest BCUT2D eigenvalue weighted by molar-refractivity contribution is 0.326. The van der Waals surface area contributed by atoms with Gasteiger partial charge in [-0.3, -0.25) is 4.99 Å². The normalized spacial score (nSPS) is 24.8. The van der Waals surface area contributed by atoms with Crippen molar-refractivity contribution in [2.45, 2.75) is 31.4 Å². The van der Waals surface area contributed by atoms with Crippen molar-refractivity contribution in [3.63, 3.8) is 0 Å². The monoisotopic (exact) mass is 374 g/mol. The molecule has 2 atom stereocenters. The van der Waals surface area contributed by atoms with Crippen molar-refractivity contribution in [1.29, 1.82) is 0 Å². The molecule has 0 aromatic heterocycles. The number of hydrogen-bond acceptors (Lipinski definition) is 3. The average molecular weight is 375 g/mol. The summed E-state index contributed by atoms with van der Waals surface area (Å²) in [5, 5.41) is 4.41. The van der Waals surface area contributed by atoms with Crippen LogP contribution in [0, 0.1) is 5.92 Å². The molecule has 0 bridgehead atoms. The van der Waals surface area contributed by atoms with Gasteiger partial charge in [-0.2, -0.15) is 11.8 Å². The first kappa shape index (κ1) is 19.6. The zero-order valence-electron chi connectivity index (χ0n) is 16.4. The van der Waals surface area contributed by atoms with Crippen LogP contribution in [0.3, 0.4) is 0 Å². The lowest BCUT2D eigenvalue weighted by atomic mass is 10.1. The van der Waals surface area contributed by atoms with Crippen LogP contribution in [0.2, 0.25) is 0 Å². The van der Waals surface area contributed by atoms with E-state index in [2.05, 4.69) is 69.1 Å². The van der Waals surface area contributed by atoms with Crippen LogP contribution in [0.1, 0.15) is 25.3 Å². The molecule has 0 radical (unpaired) electrons. The largest absolute Gasteiger partial charge is 0.356 e. The van der Waals surface area contributed by atoms with Gasteiger partial charge in [0.05, 0.1) is 0 Å². The second kappa shape index (κ2) is 10.2. The molecule has 2 unspecified atom stereocenters. The average Bonchev–Trinajstić information content (AvgIpc) is 3.16. The minimum Gasteiger partial charge on any atom is -0.356 e. The number of nitrogens with zero attached hydrogens (tertiary/aromatic N) is 3. The number of rotatable bonds is 6. The van der Waals surface area contributed by atoms with Gasteiger partial charge in [0.1, 0.15) is 0 Å². The fourth-order valence-corrected chi connectivity index (χ4v) is 5.12. The zero-order valence-corrected chi connectivity index (χ0v) is 17.2. The topological polar surface area (TPSA) is 30.9 Å². The number of hydrogen-bond donors (Lipinski definition) is 1.